The van der Waals surface area contributed by atoms with Gasteiger partial charge in [0.1, 0.15) is 0 Å². The van der Waals surface area contributed by atoms with Crippen molar-refractivity contribution in [2.45, 2.75) is 52.6 Å². The summed E-state index contributed by atoms with van der Waals surface area (Å²) >= 11 is 0. The van der Waals surface area contributed by atoms with E-state index in [2.05, 4.69) is 58.4 Å². The van der Waals surface area contributed by atoms with E-state index in [9.17, 15) is 0 Å². The molecule has 1 aliphatic rings. The van der Waals surface area contributed by atoms with Crippen LogP contribution in [0.3, 0.4) is 0 Å². The molecule has 1 unspecified atom stereocenters. The van der Waals surface area contributed by atoms with Crippen LogP contribution in [0.5, 0.6) is 0 Å². The van der Waals surface area contributed by atoms with E-state index < -0.39 is 0 Å². The predicted octanol–water partition coefficient (Wildman–Crippen LogP) is 1.65. The van der Waals surface area contributed by atoms with Crippen molar-refractivity contribution in [2.75, 3.05) is 46.4 Å². The molecule has 0 aliphatic carbocycles. The van der Waals surface area contributed by atoms with Gasteiger partial charge in [0.25, 0.3) is 0 Å². The van der Waals surface area contributed by atoms with Crippen LogP contribution in [0.4, 0.5) is 0 Å². The van der Waals surface area contributed by atoms with Crippen LogP contribution in [0.2, 0.25) is 0 Å². The third kappa shape index (κ3) is 7.84. The van der Waals surface area contributed by atoms with E-state index in [1.54, 1.807) is 7.05 Å². The van der Waals surface area contributed by atoms with Gasteiger partial charge in [-0.3, -0.25) is 9.89 Å². The summed E-state index contributed by atoms with van der Waals surface area (Å²) in [7, 11) is 1.79. The second kappa shape index (κ2) is 11.2. The van der Waals surface area contributed by atoms with Crippen molar-refractivity contribution < 1.29 is 9.26 Å². The molecular formula is C19H36N6O2. The number of rotatable bonds is 9. The number of hydrogen-bond donors (Lipinski definition) is 2. The van der Waals surface area contributed by atoms with E-state index >= 15 is 0 Å². The Balaban J connectivity index is 1.63. The van der Waals surface area contributed by atoms with E-state index in [1.807, 2.05) is 0 Å². The molecule has 1 atom stereocenters. The molecule has 0 saturated carbocycles. The van der Waals surface area contributed by atoms with Gasteiger partial charge in [0.2, 0.25) is 5.89 Å². The molecule has 2 rings (SSSR count). The maximum Gasteiger partial charge on any atom is 0.226 e. The van der Waals surface area contributed by atoms with E-state index in [0.29, 0.717) is 17.7 Å². The minimum absolute atomic E-state index is 0.198. The average molecular weight is 381 g/mol. The van der Waals surface area contributed by atoms with Gasteiger partial charge in [0, 0.05) is 52.1 Å². The lowest BCUT2D eigenvalue weighted by Gasteiger charge is -2.34. The average Bonchev–Trinajstić information content (AvgIpc) is 3.10. The van der Waals surface area contributed by atoms with Crippen molar-refractivity contribution in [3.63, 3.8) is 0 Å². The third-order valence-electron chi connectivity index (χ3n) is 4.43. The van der Waals surface area contributed by atoms with Gasteiger partial charge in [-0.25, -0.2) is 0 Å². The van der Waals surface area contributed by atoms with Gasteiger partial charge in [0.15, 0.2) is 11.8 Å². The van der Waals surface area contributed by atoms with Crippen molar-refractivity contribution in [2.24, 2.45) is 10.9 Å². The normalized spacial score (nSPS) is 19.1. The Bertz CT molecular complexity index is 572. The molecule has 1 fully saturated rings. The van der Waals surface area contributed by atoms with Crippen LogP contribution in [-0.2, 0) is 11.2 Å². The van der Waals surface area contributed by atoms with Crippen molar-refractivity contribution in [3.05, 3.63) is 11.7 Å². The van der Waals surface area contributed by atoms with Gasteiger partial charge in [-0.15, -0.1) is 0 Å². The van der Waals surface area contributed by atoms with Crippen LogP contribution in [0.1, 0.15) is 51.7 Å². The highest BCUT2D eigenvalue weighted by Crippen LogP contribution is 2.10. The third-order valence-corrected chi connectivity index (χ3v) is 4.43. The van der Waals surface area contributed by atoms with Gasteiger partial charge in [-0.2, -0.15) is 4.98 Å². The molecule has 1 aromatic rings. The number of nitrogens with one attached hydrogen (secondary N) is 2. The summed E-state index contributed by atoms with van der Waals surface area (Å²) in [6, 6.07) is 0. The monoisotopic (exact) mass is 380 g/mol. The summed E-state index contributed by atoms with van der Waals surface area (Å²) in [5, 5.41) is 10.7. The standard InChI is InChI=1S/C19H36N6O2/c1-14(2)12-25-9-10-26-16(13-25)11-22-19(20-5)21-8-6-7-17-23-18(15(3)4)24-27-17/h14-16H,6-13H2,1-5H3,(H2,20,21,22). The Morgan fingerprint density at radius 2 is 2.11 bits per heavy atom. The molecule has 2 heterocycles. The van der Waals surface area contributed by atoms with Crippen LogP contribution in [0.15, 0.2) is 9.52 Å². The highest BCUT2D eigenvalue weighted by atomic mass is 16.5. The molecule has 1 aliphatic heterocycles. The zero-order valence-corrected chi connectivity index (χ0v) is 17.5. The fourth-order valence-corrected chi connectivity index (χ4v) is 3.07. The fourth-order valence-electron chi connectivity index (χ4n) is 3.07. The zero-order chi connectivity index (χ0) is 19.6. The minimum atomic E-state index is 0.198. The molecular weight excluding hydrogens is 344 g/mol. The molecule has 2 N–H and O–H groups in total. The molecule has 0 aromatic carbocycles. The second-order valence-corrected chi connectivity index (χ2v) is 7.83. The summed E-state index contributed by atoms with van der Waals surface area (Å²) < 4.78 is 11.1. The molecule has 154 valence electrons. The summed E-state index contributed by atoms with van der Waals surface area (Å²) in [5.74, 6) is 3.25. The lowest BCUT2D eigenvalue weighted by atomic mass is 10.2. The highest BCUT2D eigenvalue weighted by Gasteiger charge is 2.21. The van der Waals surface area contributed by atoms with Crippen LogP contribution >= 0.6 is 0 Å². The van der Waals surface area contributed by atoms with E-state index in [4.69, 9.17) is 9.26 Å². The summed E-state index contributed by atoms with van der Waals surface area (Å²) in [5.41, 5.74) is 0. The predicted molar refractivity (Wildman–Crippen MR) is 107 cm³/mol. The maximum atomic E-state index is 5.88. The SMILES string of the molecule is CN=C(NCCCc1nc(C(C)C)no1)NCC1CN(CC(C)C)CCO1. The first-order chi connectivity index (χ1) is 13.0. The van der Waals surface area contributed by atoms with Gasteiger partial charge < -0.3 is 19.9 Å². The van der Waals surface area contributed by atoms with Crippen molar-refractivity contribution in [1.29, 1.82) is 0 Å². The smallest absolute Gasteiger partial charge is 0.226 e. The Labute approximate surface area is 163 Å². The summed E-state index contributed by atoms with van der Waals surface area (Å²) in [4.78, 5) is 11.2. The number of aliphatic imine (C=N–C) groups is 1. The Hall–Kier alpha value is -1.67. The van der Waals surface area contributed by atoms with E-state index in [0.717, 1.165) is 64.0 Å². The second-order valence-electron chi connectivity index (χ2n) is 7.83. The number of nitrogens with zero attached hydrogens (tertiary/aromatic N) is 4. The van der Waals surface area contributed by atoms with Crippen molar-refractivity contribution >= 4 is 5.96 Å². The molecule has 0 spiro atoms. The fraction of sp³-hybridized carbons (Fsp3) is 0.842. The molecule has 8 nitrogen and oxygen atoms in total. The van der Waals surface area contributed by atoms with Crippen LogP contribution in [-0.4, -0.2) is 73.5 Å². The molecule has 0 amide bonds. The maximum absolute atomic E-state index is 5.88. The number of morpholine rings is 1. The lowest BCUT2D eigenvalue weighted by Crippen LogP contribution is -2.50. The molecule has 1 saturated heterocycles. The number of aryl methyl sites for hydroxylation is 1. The van der Waals surface area contributed by atoms with Gasteiger partial charge in [-0.05, 0) is 12.3 Å². The molecule has 1 aromatic heterocycles. The summed E-state index contributed by atoms with van der Waals surface area (Å²) in [6.07, 6.45) is 1.87. The van der Waals surface area contributed by atoms with Crippen LogP contribution in [0, 0.1) is 5.92 Å². The zero-order valence-electron chi connectivity index (χ0n) is 17.5. The first-order valence-electron chi connectivity index (χ1n) is 10.1. The van der Waals surface area contributed by atoms with Crippen LogP contribution < -0.4 is 10.6 Å². The highest BCUT2D eigenvalue weighted by molar-refractivity contribution is 5.79. The molecule has 8 heteroatoms. The largest absolute Gasteiger partial charge is 0.374 e. The van der Waals surface area contributed by atoms with Crippen molar-refractivity contribution in [3.8, 4) is 0 Å². The Kier molecular flexibility index (Phi) is 9.00. The number of guanidine groups is 1. The number of hydrogen-bond acceptors (Lipinski definition) is 6. The Morgan fingerprint density at radius 3 is 2.78 bits per heavy atom. The lowest BCUT2D eigenvalue weighted by molar-refractivity contribution is -0.0284. The van der Waals surface area contributed by atoms with E-state index in [1.165, 1.54) is 0 Å². The van der Waals surface area contributed by atoms with Crippen molar-refractivity contribution in [1.82, 2.24) is 25.7 Å². The number of ether oxygens (including phenoxy) is 1. The molecule has 27 heavy (non-hydrogen) atoms. The minimum Gasteiger partial charge on any atom is -0.374 e. The first kappa shape index (κ1) is 21.6. The van der Waals surface area contributed by atoms with Gasteiger partial charge in [0.05, 0.1) is 12.7 Å². The van der Waals surface area contributed by atoms with Gasteiger partial charge >= 0.3 is 0 Å². The van der Waals surface area contributed by atoms with E-state index in [-0.39, 0.29) is 6.10 Å². The summed E-state index contributed by atoms with van der Waals surface area (Å²) in [6.45, 7) is 14.1. The first-order valence-corrected chi connectivity index (χ1v) is 10.1. The quantitative estimate of drug-likeness (QED) is 0.382. The van der Waals surface area contributed by atoms with Crippen LogP contribution in [0.25, 0.3) is 0 Å². The molecule has 0 radical (unpaired) electrons. The Morgan fingerprint density at radius 1 is 1.30 bits per heavy atom. The topological polar surface area (TPSA) is 87.8 Å². The van der Waals surface area contributed by atoms with Gasteiger partial charge in [-0.1, -0.05) is 32.9 Å². The number of aromatic nitrogens is 2. The molecule has 0 bridgehead atoms.